The highest BCUT2D eigenvalue weighted by molar-refractivity contribution is 5.81. The number of hydrogen-bond donors (Lipinski definition) is 1. The predicted octanol–water partition coefficient (Wildman–Crippen LogP) is 2.12. The van der Waals surface area contributed by atoms with Gasteiger partial charge in [-0.15, -0.1) is 0 Å². The Kier molecular flexibility index (Phi) is 3.16. The number of rotatable bonds is 1. The minimum atomic E-state index is -0.657. The Morgan fingerprint density at radius 2 is 2.18 bits per heavy atom. The topological polar surface area (TPSA) is 73.2 Å². The third-order valence-corrected chi connectivity index (χ3v) is 3.40. The number of alkyl carbamates (subject to hydrolysis) is 1. The van der Waals surface area contributed by atoms with Crippen LogP contribution in [0.5, 0.6) is 0 Å². The molecule has 2 aromatic rings. The summed E-state index contributed by atoms with van der Waals surface area (Å²) in [6.45, 7) is 5.39. The first kappa shape index (κ1) is 14.5. The van der Waals surface area contributed by atoms with Gasteiger partial charge < -0.3 is 14.6 Å². The van der Waals surface area contributed by atoms with Crippen LogP contribution in [0.3, 0.4) is 0 Å². The minimum absolute atomic E-state index is 0.160. The van der Waals surface area contributed by atoms with Gasteiger partial charge in [-0.3, -0.25) is 9.78 Å². The summed E-state index contributed by atoms with van der Waals surface area (Å²) in [7, 11) is 0. The fraction of sp³-hybridized carbons (Fsp3) is 0.400. The largest absolute Gasteiger partial charge is 0.444 e. The lowest BCUT2D eigenvalue weighted by Crippen LogP contribution is -2.35. The van der Waals surface area contributed by atoms with Crippen LogP contribution in [0.15, 0.2) is 23.1 Å². The lowest BCUT2D eigenvalue weighted by molar-refractivity contribution is 0.0501. The summed E-state index contributed by atoms with van der Waals surface area (Å²) in [5.74, 6) is -0.551. The van der Waals surface area contributed by atoms with Gasteiger partial charge in [0.25, 0.3) is 5.56 Å². The van der Waals surface area contributed by atoms with E-state index in [0.29, 0.717) is 11.0 Å². The van der Waals surface area contributed by atoms with Crippen molar-refractivity contribution >= 4 is 17.1 Å². The summed E-state index contributed by atoms with van der Waals surface area (Å²) in [6, 6.07) is 2.27. The number of hydrogen-bond acceptors (Lipinski definition) is 4. The fourth-order valence-corrected chi connectivity index (χ4v) is 2.62. The molecule has 0 saturated heterocycles. The van der Waals surface area contributed by atoms with Crippen LogP contribution < -0.4 is 10.9 Å². The van der Waals surface area contributed by atoms with E-state index in [1.165, 1.54) is 10.6 Å². The highest BCUT2D eigenvalue weighted by Gasteiger charge is 2.31. The number of pyridine rings is 2. The second-order valence-electron chi connectivity index (χ2n) is 6.23. The van der Waals surface area contributed by atoms with Gasteiger partial charge in [-0.1, -0.05) is 0 Å². The molecule has 0 bridgehead atoms. The molecule has 22 heavy (non-hydrogen) atoms. The van der Waals surface area contributed by atoms with Crippen LogP contribution in [0.2, 0.25) is 0 Å². The van der Waals surface area contributed by atoms with Crippen molar-refractivity contribution in [3.05, 3.63) is 40.1 Å². The van der Waals surface area contributed by atoms with Crippen LogP contribution in [-0.4, -0.2) is 21.2 Å². The molecule has 1 aliphatic heterocycles. The van der Waals surface area contributed by atoms with E-state index in [4.69, 9.17) is 4.74 Å². The van der Waals surface area contributed by atoms with Gasteiger partial charge in [0.15, 0.2) is 0 Å². The first-order chi connectivity index (χ1) is 10.3. The van der Waals surface area contributed by atoms with Crippen molar-refractivity contribution in [3.8, 4) is 0 Å². The highest BCUT2D eigenvalue weighted by Crippen LogP contribution is 2.32. The molecule has 0 aromatic carbocycles. The van der Waals surface area contributed by atoms with Crippen molar-refractivity contribution in [2.24, 2.45) is 0 Å². The lowest BCUT2D eigenvalue weighted by Gasteiger charge is -2.22. The molecule has 0 spiro atoms. The molecule has 0 fully saturated rings. The maximum Gasteiger partial charge on any atom is 0.408 e. The molecule has 6 nitrogen and oxygen atoms in total. The van der Waals surface area contributed by atoms with Gasteiger partial charge in [0.05, 0.1) is 29.8 Å². The van der Waals surface area contributed by atoms with Gasteiger partial charge in [-0.2, -0.15) is 0 Å². The van der Waals surface area contributed by atoms with Crippen molar-refractivity contribution in [3.63, 3.8) is 0 Å². The minimum Gasteiger partial charge on any atom is -0.444 e. The maximum atomic E-state index is 14.2. The zero-order valence-corrected chi connectivity index (χ0v) is 12.5. The summed E-state index contributed by atoms with van der Waals surface area (Å²) in [6.07, 6.45) is 0.449. The molecule has 1 atom stereocenters. The Morgan fingerprint density at radius 1 is 1.45 bits per heavy atom. The average Bonchev–Trinajstić information content (AvgIpc) is 2.76. The Bertz CT molecular complexity index is 823. The number of halogens is 1. The monoisotopic (exact) mass is 305 g/mol. The van der Waals surface area contributed by atoms with E-state index in [0.717, 1.165) is 6.20 Å². The number of carbonyl (C=O) groups is 1. The van der Waals surface area contributed by atoms with E-state index in [2.05, 4.69) is 10.3 Å². The number of carbonyl (C=O) groups excluding carboxylic acids is 1. The number of nitrogens with one attached hydrogen (secondary N) is 1. The second-order valence-corrected chi connectivity index (χ2v) is 6.23. The summed E-state index contributed by atoms with van der Waals surface area (Å²) in [4.78, 5) is 27.8. The molecular weight excluding hydrogens is 289 g/mol. The molecule has 0 unspecified atom stereocenters. The standard InChI is InChI=1S/C15H16FN3O3/c1-15(2,3)22-14(21)18-10-7-19-11(20)5-4-9-13(19)12(10)8(16)6-17-9/h4-6,10H,7H2,1-3H3,(H,18,21)/t10-/m1/s1. The van der Waals surface area contributed by atoms with Crippen molar-refractivity contribution in [1.82, 2.24) is 14.9 Å². The predicted molar refractivity (Wildman–Crippen MR) is 78.1 cm³/mol. The van der Waals surface area contributed by atoms with E-state index in [1.54, 1.807) is 26.8 Å². The normalized spacial score (nSPS) is 16.8. The molecule has 1 N–H and O–H groups in total. The van der Waals surface area contributed by atoms with Crippen LogP contribution in [0.1, 0.15) is 32.4 Å². The van der Waals surface area contributed by atoms with Crippen molar-refractivity contribution in [2.45, 2.75) is 39.0 Å². The van der Waals surface area contributed by atoms with Gasteiger partial charge >= 0.3 is 6.09 Å². The lowest BCUT2D eigenvalue weighted by atomic mass is 10.1. The summed E-state index contributed by atoms with van der Waals surface area (Å²) in [5.41, 5.74) is 0.305. The van der Waals surface area contributed by atoms with E-state index in [1.807, 2.05) is 0 Å². The summed E-state index contributed by atoms with van der Waals surface area (Å²) >= 11 is 0. The SMILES string of the molecule is CC(C)(C)OC(=O)N[C@@H]1Cn2c(=O)ccc3ncc(F)c1c32. The average molecular weight is 305 g/mol. The molecule has 3 heterocycles. The van der Waals surface area contributed by atoms with Crippen molar-refractivity contribution in [1.29, 1.82) is 0 Å². The summed E-state index contributed by atoms with van der Waals surface area (Å²) in [5, 5.41) is 2.62. The van der Waals surface area contributed by atoms with Gasteiger partial charge in [0, 0.05) is 11.6 Å². The molecule has 1 amide bonds. The number of ether oxygens (including phenoxy) is 1. The van der Waals surface area contributed by atoms with E-state index < -0.39 is 23.6 Å². The zero-order valence-electron chi connectivity index (χ0n) is 12.5. The zero-order chi connectivity index (χ0) is 16.1. The smallest absolute Gasteiger partial charge is 0.408 e. The van der Waals surface area contributed by atoms with E-state index in [-0.39, 0.29) is 17.7 Å². The Morgan fingerprint density at radius 3 is 2.86 bits per heavy atom. The molecule has 7 heteroatoms. The first-order valence-electron chi connectivity index (χ1n) is 6.94. The van der Waals surface area contributed by atoms with Gasteiger partial charge in [0.1, 0.15) is 11.4 Å². The van der Waals surface area contributed by atoms with Crippen LogP contribution in [0.25, 0.3) is 11.0 Å². The van der Waals surface area contributed by atoms with Crippen LogP contribution in [0, 0.1) is 5.82 Å². The van der Waals surface area contributed by atoms with Gasteiger partial charge in [0.2, 0.25) is 0 Å². The number of nitrogens with zero attached hydrogens (tertiary/aromatic N) is 2. The Balaban J connectivity index is 2.00. The van der Waals surface area contributed by atoms with Crippen molar-refractivity contribution < 1.29 is 13.9 Å². The molecule has 116 valence electrons. The van der Waals surface area contributed by atoms with Crippen LogP contribution >= 0.6 is 0 Å². The quantitative estimate of drug-likeness (QED) is 0.876. The number of aromatic nitrogens is 2. The molecule has 0 radical (unpaired) electrons. The van der Waals surface area contributed by atoms with Gasteiger partial charge in [-0.05, 0) is 26.8 Å². The van der Waals surface area contributed by atoms with E-state index in [9.17, 15) is 14.0 Å². The van der Waals surface area contributed by atoms with Crippen LogP contribution in [-0.2, 0) is 11.3 Å². The highest BCUT2D eigenvalue weighted by atomic mass is 19.1. The van der Waals surface area contributed by atoms with Crippen LogP contribution in [0.4, 0.5) is 9.18 Å². The molecule has 1 aliphatic rings. The first-order valence-corrected chi connectivity index (χ1v) is 6.94. The molecule has 2 aromatic heterocycles. The van der Waals surface area contributed by atoms with E-state index >= 15 is 0 Å². The third kappa shape index (κ3) is 2.43. The Hall–Kier alpha value is -2.44. The number of amides is 1. The van der Waals surface area contributed by atoms with Crippen molar-refractivity contribution in [2.75, 3.05) is 0 Å². The third-order valence-electron chi connectivity index (χ3n) is 3.40. The molecular formula is C15H16FN3O3. The molecule has 0 saturated carbocycles. The Labute approximate surface area is 125 Å². The fourth-order valence-electron chi connectivity index (χ4n) is 2.62. The second kappa shape index (κ2) is 4.79. The van der Waals surface area contributed by atoms with Gasteiger partial charge in [-0.25, -0.2) is 9.18 Å². The maximum absolute atomic E-state index is 14.2. The summed E-state index contributed by atoms with van der Waals surface area (Å²) < 4.78 is 20.8. The molecule has 0 aliphatic carbocycles. The molecule has 3 rings (SSSR count).